The van der Waals surface area contributed by atoms with Crippen molar-refractivity contribution in [2.75, 3.05) is 24.5 Å². The highest BCUT2D eigenvalue weighted by atomic mass is 16.5. The molecule has 1 saturated heterocycles. The van der Waals surface area contributed by atoms with E-state index in [1.807, 2.05) is 0 Å². The summed E-state index contributed by atoms with van der Waals surface area (Å²) < 4.78 is 6.11. The fourth-order valence-corrected chi connectivity index (χ4v) is 4.90. The van der Waals surface area contributed by atoms with Crippen LogP contribution in [-0.4, -0.2) is 36.3 Å². The predicted octanol–water partition coefficient (Wildman–Crippen LogP) is 4.29. The number of nitrogens with zero attached hydrogens (tertiary/aromatic N) is 3. The van der Waals surface area contributed by atoms with Gasteiger partial charge in [0.05, 0.1) is 23.5 Å². The number of piperazine rings is 1. The normalized spacial score (nSPS) is 24.7. The Kier molecular flexibility index (Phi) is 5.86. The summed E-state index contributed by atoms with van der Waals surface area (Å²) in [6, 6.07) is 3.01. The maximum absolute atomic E-state index is 10.1. The highest BCUT2D eigenvalue weighted by Crippen LogP contribution is 2.45. The summed E-state index contributed by atoms with van der Waals surface area (Å²) in [6.07, 6.45) is 7.00. The topological polar surface area (TPSA) is 61.2 Å². The number of aromatic nitrogens is 1. The first-order valence-corrected chi connectivity index (χ1v) is 11.5. The van der Waals surface area contributed by atoms with Gasteiger partial charge in [0, 0.05) is 43.6 Å². The number of rotatable bonds is 6. The molecule has 2 unspecified atom stereocenters. The van der Waals surface area contributed by atoms with Gasteiger partial charge in [-0.2, -0.15) is 5.26 Å². The molecule has 2 fully saturated rings. The number of hydrogen-bond donors (Lipinski definition) is 1. The first kappa shape index (κ1) is 20.6. The lowest BCUT2D eigenvalue weighted by molar-refractivity contribution is -0.0407. The molecule has 3 aliphatic rings. The minimum Gasteiger partial charge on any atom is -0.370 e. The second kappa shape index (κ2) is 8.24. The number of unbranched alkanes of at least 4 members (excludes halogenated alkanes) is 1. The van der Waals surface area contributed by atoms with E-state index in [2.05, 4.69) is 44.0 Å². The molecule has 1 aromatic heterocycles. The van der Waals surface area contributed by atoms with Gasteiger partial charge in [0.15, 0.2) is 0 Å². The minimum absolute atomic E-state index is 0.224. The Morgan fingerprint density at radius 1 is 1.34 bits per heavy atom. The molecule has 0 radical (unpaired) electrons. The van der Waals surface area contributed by atoms with E-state index in [0.717, 1.165) is 37.4 Å². The molecular formula is C24H36N4O. The Bertz CT molecular complexity index is 793. The zero-order chi connectivity index (χ0) is 20.6. The quantitative estimate of drug-likeness (QED) is 0.777. The molecule has 2 aliphatic heterocycles. The molecule has 1 aliphatic carbocycles. The van der Waals surface area contributed by atoms with Gasteiger partial charge in [-0.3, -0.25) is 0 Å². The average molecular weight is 397 g/mol. The van der Waals surface area contributed by atoms with Gasteiger partial charge in [-0.1, -0.05) is 26.7 Å². The molecule has 0 aromatic carbocycles. The number of nitrogens with one attached hydrogen (secondary N) is 1. The summed E-state index contributed by atoms with van der Waals surface area (Å²) in [5, 5.41) is 13.9. The second-order valence-corrected chi connectivity index (χ2v) is 9.89. The van der Waals surface area contributed by atoms with Crippen molar-refractivity contribution in [1.29, 1.82) is 5.26 Å². The van der Waals surface area contributed by atoms with E-state index in [4.69, 9.17) is 9.72 Å². The van der Waals surface area contributed by atoms with Crippen LogP contribution in [0.1, 0.15) is 88.1 Å². The van der Waals surface area contributed by atoms with E-state index >= 15 is 0 Å². The van der Waals surface area contributed by atoms with Crippen LogP contribution < -0.4 is 10.2 Å². The van der Waals surface area contributed by atoms with Gasteiger partial charge in [0.2, 0.25) is 0 Å². The maximum atomic E-state index is 10.1. The lowest BCUT2D eigenvalue weighted by Crippen LogP contribution is -2.54. The molecule has 5 heteroatoms. The maximum Gasteiger partial charge on any atom is 0.147 e. The number of ether oxygens (including phenoxy) is 1. The van der Waals surface area contributed by atoms with Gasteiger partial charge in [0.25, 0.3) is 0 Å². The van der Waals surface area contributed by atoms with Crippen LogP contribution in [-0.2, 0) is 17.8 Å². The van der Waals surface area contributed by atoms with Crippen LogP contribution in [0.25, 0.3) is 0 Å². The third-order valence-corrected chi connectivity index (χ3v) is 6.92. The van der Waals surface area contributed by atoms with Crippen molar-refractivity contribution in [3.63, 3.8) is 0 Å². The summed E-state index contributed by atoms with van der Waals surface area (Å²) in [4.78, 5) is 7.53. The molecular weight excluding hydrogens is 360 g/mol. The number of anilines is 1. The first-order chi connectivity index (χ1) is 13.9. The molecule has 0 bridgehead atoms. The Balaban J connectivity index is 1.68. The molecule has 1 N–H and O–H groups in total. The van der Waals surface area contributed by atoms with E-state index in [0.29, 0.717) is 24.5 Å². The molecule has 1 aromatic rings. The number of pyridine rings is 1. The van der Waals surface area contributed by atoms with Crippen molar-refractivity contribution in [2.24, 2.45) is 5.92 Å². The van der Waals surface area contributed by atoms with Crippen LogP contribution in [0.5, 0.6) is 0 Å². The first-order valence-electron chi connectivity index (χ1n) is 11.5. The van der Waals surface area contributed by atoms with Crippen LogP contribution in [0.2, 0.25) is 0 Å². The monoisotopic (exact) mass is 396 g/mol. The van der Waals surface area contributed by atoms with Gasteiger partial charge in [-0.15, -0.1) is 0 Å². The average Bonchev–Trinajstić information content (AvgIpc) is 3.55. The van der Waals surface area contributed by atoms with Crippen LogP contribution >= 0.6 is 0 Å². The zero-order valence-electron chi connectivity index (χ0n) is 18.6. The standard InChI is InChI=1S/C24H36N4O/c1-5-6-7-16(2)21-14-28(11-10-26-21)23-19(13-25)18-12-24(3,4)29-15-20(18)22(27-23)17-8-9-17/h16-17,21,26H,5-12,14-15H2,1-4H3. The summed E-state index contributed by atoms with van der Waals surface area (Å²) in [5.41, 5.74) is 4.18. The molecule has 0 amide bonds. The minimum atomic E-state index is -0.224. The SMILES string of the molecule is CCCCC(C)C1CN(c2nc(C3CC3)c3c(c2C#N)CC(C)(C)OC3)CCN1. The molecule has 158 valence electrons. The van der Waals surface area contributed by atoms with Crippen molar-refractivity contribution in [3.8, 4) is 6.07 Å². The van der Waals surface area contributed by atoms with Crippen LogP contribution in [0.3, 0.4) is 0 Å². The lowest BCUT2D eigenvalue weighted by atomic mass is 9.87. The van der Waals surface area contributed by atoms with E-state index in [1.54, 1.807) is 0 Å². The van der Waals surface area contributed by atoms with E-state index < -0.39 is 0 Å². The Morgan fingerprint density at radius 3 is 2.83 bits per heavy atom. The highest BCUT2D eigenvalue weighted by molar-refractivity contribution is 5.62. The van der Waals surface area contributed by atoms with Crippen LogP contribution in [0.15, 0.2) is 0 Å². The van der Waals surface area contributed by atoms with Crippen LogP contribution in [0.4, 0.5) is 5.82 Å². The van der Waals surface area contributed by atoms with Crippen molar-refractivity contribution >= 4 is 5.82 Å². The Morgan fingerprint density at radius 2 is 2.14 bits per heavy atom. The third kappa shape index (κ3) is 4.29. The van der Waals surface area contributed by atoms with Gasteiger partial charge >= 0.3 is 0 Å². The number of fused-ring (bicyclic) bond motifs is 1. The molecule has 4 rings (SSSR count). The molecule has 0 spiro atoms. The van der Waals surface area contributed by atoms with Gasteiger partial charge < -0.3 is 15.0 Å². The summed E-state index contributed by atoms with van der Waals surface area (Å²) in [6.45, 7) is 12.3. The van der Waals surface area contributed by atoms with Gasteiger partial charge in [-0.05, 0) is 44.6 Å². The summed E-state index contributed by atoms with van der Waals surface area (Å²) in [7, 11) is 0. The second-order valence-electron chi connectivity index (χ2n) is 9.89. The van der Waals surface area contributed by atoms with Gasteiger partial charge in [0.1, 0.15) is 11.9 Å². The Labute approximate surface area is 175 Å². The molecule has 2 atom stereocenters. The van der Waals surface area contributed by atoms with E-state index in [1.165, 1.54) is 48.9 Å². The Hall–Kier alpha value is -1.64. The largest absolute Gasteiger partial charge is 0.370 e. The molecule has 1 saturated carbocycles. The van der Waals surface area contributed by atoms with E-state index in [-0.39, 0.29) is 5.60 Å². The fraction of sp³-hybridized carbons (Fsp3) is 0.750. The summed E-state index contributed by atoms with van der Waals surface area (Å²) in [5.74, 6) is 2.12. The molecule has 5 nitrogen and oxygen atoms in total. The van der Waals surface area contributed by atoms with Gasteiger partial charge in [-0.25, -0.2) is 4.98 Å². The van der Waals surface area contributed by atoms with Crippen molar-refractivity contribution in [1.82, 2.24) is 10.3 Å². The van der Waals surface area contributed by atoms with Crippen molar-refractivity contribution < 1.29 is 4.74 Å². The lowest BCUT2D eigenvalue weighted by Gasteiger charge is -2.39. The number of hydrogen-bond acceptors (Lipinski definition) is 5. The molecule has 3 heterocycles. The zero-order valence-corrected chi connectivity index (χ0v) is 18.6. The number of nitriles is 1. The van der Waals surface area contributed by atoms with Crippen LogP contribution in [0, 0.1) is 17.2 Å². The van der Waals surface area contributed by atoms with E-state index in [9.17, 15) is 5.26 Å². The summed E-state index contributed by atoms with van der Waals surface area (Å²) >= 11 is 0. The van der Waals surface area contributed by atoms with Crippen molar-refractivity contribution in [2.45, 2.75) is 90.4 Å². The highest BCUT2D eigenvalue weighted by Gasteiger charge is 2.38. The third-order valence-electron chi connectivity index (χ3n) is 6.92. The van der Waals surface area contributed by atoms with Crippen molar-refractivity contribution in [3.05, 3.63) is 22.4 Å². The predicted molar refractivity (Wildman–Crippen MR) is 116 cm³/mol. The fourth-order valence-electron chi connectivity index (χ4n) is 4.90. The molecule has 29 heavy (non-hydrogen) atoms. The smallest absolute Gasteiger partial charge is 0.147 e.